The number of thiophene rings is 1. The van der Waals surface area contributed by atoms with Gasteiger partial charge in [0.05, 0.1) is 17.9 Å². The molecule has 33 heavy (non-hydrogen) atoms. The first-order valence-electron chi connectivity index (χ1n) is 10.1. The number of carbonyl (C=O) groups excluding carboxylic acids is 2. The summed E-state index contributed by atoms with van der Waals surface area (Å²) in [7, 11) is 0. The van der Waals surface area contributed by atoms with Gasteiger partial charge in [0, 0.05) is 4.88 Å². The monoisotopic (exact) mass is 493 g/mol. The molecule has 0 radical (unpaired) electrons. The number of aryl methyl sites for hydroxylation is 1. The van der Waals surface area contributed by atoms with Crippen LogP contribution in [0.2, 0.25) is 0 Å². The van der Waals surface area contributed by atoms with Gasteiger partial charge < -0.3 is 20.6 Å². The lowest BCUT2D eigenvalue weighted by Crippen LogP contribution is -2.19. The van der Waals surface area contributed by atoms with Crippen molar-refractivity contribution in [3.8, 4) is 5.75 Å². The van der Waals surface area contributed by atoms with Crippen molar-refractivity contribution in [1.82, 2.24) is 14.9 Å². The van der Waals surface area contributed by atoms with Crippen LogP contribution in [0.3, 0.4) is 0 Å². The smallest absolute Gasteiger partial charge is 0.341 e. The molecule has 3 rings (SSSR count). The summed E-state index contributed by atoms with van der Waals surface area (Å²) in [6, 6.07) is 5.99. The number of para-hydroxylation sites is 1. The second-order valence-electron chi connectivity index (χ2n) is 6.75. The molecule has 0 saturated carbocycles. The molecule has 0 aliphatic rings. The van der Waals surface area contributed by atoms with Gasteiger partial charge in [-0.25, -0.2) is 13.9 Å². The number of benzene rings is 1. The minimum Gasteiger partial charge on any atom is -0.482 e. The molecule has 0 saturated heterocycles. The molecule has 0 aliphatic carbocycles. The number of thioether (sulfide) groups is 1. The van der Waals surface area contributed by atoms with E-state index in [0.717, 1.165) is 28.6 Å². The van der Waals surface area contributed by atoms with Crippen LogP contribution in [0.25, 0.3) is 0 Å². The maximum absolute atomic E-state index is 13.7. The van der Waals surface area contributed by atoms with Crippen LogP contribution < -0.4 is 15.9 Å². The Morgan fingerprint density at radius 2 is 2.03 bits per heavy atom. The zero-order chi connectivity index (χ0) is 24.0. The minimum absolute atomic E-state index is 0.00975. The number of hydrogen-bond donors (Lipinski definition) is 2. The van der Waals surface area contributed by atoms with Crippen LogP contribution in [-0.4, -0.2) is 39.1 Å². The van der Waals surface area contributed by atoms with Gasteiger partial charge in [0.15, 0.2) is 17.4 Å². The number of rotatable bonds is 10. The average Bonchev–Trinajstić information content (AvgIpc) is 3.30. The third-order valence-corrected chi connectivity index (χ3v) is 6.85. The Balaban J connectivity index is 1.62. The summed E-state index contributed by atoms with van der Waals surface area (Å²) in [5.41, 5.74) is 1.19. The molecule has 176 valence electrons. The van der Waals surface area contributed by atoms with Gasteiger partial charge in [-0.1, -0.05) is 30.8 Å². The highest BCUT2D eigenvalue weighted by molar-refractivity contribution is 7.99. The van der Waals surface area contributed by atoms with Crippen molar-refractivity contribution < 1.29 is 23.5 Å². The van der Waals surface area contributed by atoms with Gasteiger partial charge in [-0.15, -0.1) is 21.5 Å². The van der Waals surface area contributed by atoms with E-state index in [1.54, 1.807) is 19.1 Å². The first kappa shape index (κ1) is 24.5. The van der Waals surface area contributed by atoms with E-state index < -0.39 is 11.8 Å². The fourth-order valence-electron chi connectivity index (χ4n) is 2.94. The van der Waals surface area contributed by atoms with Gasteiger partial charge in [-0.3, -0.25) is 4.79 Å². The molecule has 2 aromatic heterocycles. The lowest BCUT2D eigenvalue weighted by atomic mass is 10.1. The van der Waals surface area contributed by atoms with Crippen molar-refractivity contribution in [2.45, 2.75) is 39.0 Å². The predicted molar refractivity (Wildman–Crippen MR) is 125 cm³/mol. The molecule has 1 amide bonds. The molecule has 3 aromatic rings. The zero-order valence-corrected chi connectivity index (χ0v) is 20.0. The fourth-order valence-corrected chi connectivity index (χ4v) is 4.76. The number of carbonyl (C=O) groups is 2. The van der Waals surface area contributed by atoms with Crippen molar-refractivity contribution in [1.29, 1.82) is 0 Å². The van der Waals surface area contributed by atoms with E-state index in [-0.39, 0.29) is 36.4 Å². The molecule has 0 spiro atoms. The molecule has 12 heteroatoms. The summed E-state index contributed by atoms with van der Waals surface area (Å²) in [5.74, 6) is 5.03. The molecule has 3 N–H and O–H groups in total. The molecule has 9 nitrogen and oxygen atoms in total. The standard InChI is InChI=1S/C21H24FN5O4S2/c1-4-15-12(3)18(20(29)30-5-2)19(33-15)24-17(28)11-32-21-26-25-16(27(21)23)10-31-14-9-7-6-8-13(14)22/h6-9H,4-5,10-11,23H2,1-3H3,(H,24,28). The van der Waals surface area contributed by atoms with Gasteiger partial charge in [0.2, 0.25) is 11.1 Å². The maximum atomic E-state index is 13.7. The van der Waals surface area contributed by atoms with Gasteiger partial charge in [0.1, 0.15) is 11.6 Å². The molecule has 2 heterocycles. The number of amides is 1. The second-order valence-corrected chi connectivity index (χ2v) is 8.80. The minimum atomic E-state index is -0.496. The average molecular weight is 494 g/mol. The highest BCUT2D eigenvalue weighted by atomic mass is 32.2. The van der Waals surface area contributed by atoms with Crippen LogP contribution in [0, 0.1) is 12.7 Å². The Bertz CT molecular complexity index is 1150. The summed E-state index contributed by atoms with van der Waals surface area (Å²) < 4.78 is 25.4. The quantitative estimate of drug-likeness (QED) is 0.250. The molecule has 0 fully saturated rings. The second kappa shape index (κ2) is 11.1. The molecule has 0 bridgehead atoms. The number of ether oxygens (including phenoxy) is 2. The number of nitrogen functional groups attached to an aromatic ring is 1. The summed E-state index contributed by atoms with van der Waals surface area (Å²) in [6.07, 6.45) is 0.738. The number of aromatic nitrogens is 3. The van der Waals surface area contributed by atoms with Crippen LogP contribution in [0.5, 0.6) is 5.75 Å². The van der Waals surface area contributed by atoms with Crippen LogP contribution in [0.1, 0.15) is 40.5 Å². The van der Waals surface area contributed by atoms with Crippen molar-refractivity contribution >= 4 is 40.0 Å². The Morgan fingerprint density at radius 1 is 1.27 bits per heavy atom. The van der Waals surface area contributed by atoms with E-state index in [9.17, 15) is 14.0 Å². The van der Waals surface area contributed by atoms with Crippen molar-refractivity contribution in [3.05, 3.63) is 51.9 Å². The van der Waals surface area contributed by atoms with Crippen LogP contribution in [0.15, 0.2) is 29.4 Å². The summed E-state index contributed by atoms with van der Waals surface area (Å²) in [4.78, 5) is 25.9. The third kappa shape index (κ3) is 5.82. The number of nitrogens with zero attached hydrogens (tertiary/aromatic N) is 3. The van der Waals surface area contributed by atoms with E-state index in [0.29, 0.717) is 15.7 Å². The highest BCUT2D eigenvalue weighted by Crippen LogP contribution is 2.34. The fraction of sp³-hybridized carbons (Fsp3) is 0.333. The predicted octanol–water partition coefficient (Wildman–Crippen LogP) is 3.55. The van der Waals surface area contributed by atoms with Crippen LogP contribution in [-0.2, 0) is 22.6 Å². The molecule has 0 atom stereocenters. The summed E-state index contributed by atoms with van der Waals surface area (Å²) in [5, 5.41) is 11.4. The summed E-state index contributed by atoms with van der Waals surface area (Å²) in [6.45, 7) is 5.71. The number of hydrogen-bond acceptors (Lipinski definition) is 9. The molecular weight excluding hydrogens is 469 g/mol. The zero-order valence-electron chi connectivity index (χ0n) is 18.4. The number of esters is 1. The lowest BCUT2D eigenvalue weighted by molar-refractivity contribution is -0.113. The largest absolute Gasteiger partial charge is 0.482 e. The highest BCUT2D eigenvalue weighted by Gasteiger charge is 2.23. The number of halogens is 1. The summed E-state index contributed by atoms with van der Waals surface area (Å²) >= 11 is 2.43. The Labute approximate surface area is 198 Å². The van der Waals surface area contributed by atoms with Crippen LogP contribution in [0.4, 0.5) is 9.39 Å². The van der Waals surface area contributed by atoms with E-state index in [1.807, 2.05) is 13.8 Å². The van der Waals surface area contributed by atoms with E-state index in [2.05, 4.69) is 15.5 Å². The SMILES string of the molecule is CCOC(=O)c1c(NC(=O)CSc2nnc(COc3ccccc3F)n2N)sc(CC)c1C. The Kier molecular flexibility index (Phi) is 8.28. The van der Waals surface area contributed by atoms with Crippen molar-refractivity contribution in [2.75, 3.05) is 23.5 Å². The number of nitrogens with two attached hydrogens (primary N) is 1. The lowest BCUT2D eigenvalue weighted by Gasteiger charge is -2.08. The molecular formula is C21H24FN5O4S2. The van der Waals surface area contributed by atoms with Crippen molar-refractivity contribution in [3.63, 3.8) is 0 Å². The normalized spacial score (nSPS) is 10.8. The maximum Gasteiger partial charge on any atom is 0.341 e. The van der Waals surface area contributed by atoms with Gasteiger partial charge in [-0.05, 0) is 38.0 Å². The van der Waals surface area contributed by atoms with Crippen LogP contribution >= 0.6 is 23.1 Å². The Hall–Kier alpha value is -3.12. The van der Waals surface area contributed by atoms with Gasteiger partial charge in [-0.2, -0.15) is 0 Å². The molecule has 0 aliphatic heterocycles. The molecule has 1 aromatic carbocycles. The van der Waals surface area contributed by atoms with E-state index in [1.165, 1.54) is 28.1 Å². The van der Waals surface area contributed by atoms with Gasteiger partial charge >= 0.3 is 5.97 Å². The first-order chi connectivity index (χ1) is 15.8. The third-order valence-electron chi connectivity index (χ3n) is 4.56. The topological polar surface area (TPSA) is 121 Å². The molecule has 0 unspecified atom stereocenters. The number of nitrogens with one attached hydrogen (secondary N) is 1. The first-order valence-corrected chi connectivity index (χ1v) is 11.9. The Morgan fingerprint density at radius 3 is 2.73 bits per heavy atom. The van der Waals surface area contributed by atoms with E-state index in [4.69, 9.17) is 15.3 Å². The number of anilines is 1. The van der Waals surface area contributed by atoms with Gasteiger partial charge in [0.25, 0.3) is 0 Å². The van der Waals surface area contributed by atoms with Crippen molar-refractivity contribution in [2.24, 2.45) is 0 Å². The van der Waals surface area contributed by atoms with E-state index >= 15 is 0 Å².